The molecule has 6 aromatic rings. The molecule has 310 valence electrons. The van der Waals surface area contributed by atoms with Crippen molar-refractivity contribution in [2.75, 3.05) is 0 Å². The molecule has 0 saturated carbocycles. The highest BCUT2D eigenvalue weighted by Gasteiger charge is 2.34. The lowest BCUT2D eigenvalue weighted by atomic mass is 9.48. The Kier molecular flexibility index (Phi) is 11.2. The number of benzene rings is 6. The van der Waals surface area contributed by atoms with Crippen LogP contribution in [0.3, 0.4) is 0 Å². The van der Waals surface area contributed by atoms with Gasteiger partial charge in [-0.1, -0.05) is 235 Å². The zero-order chi connectivity index (χ0) is 44.0. The van der Waals surface area contributed by atoms with Crippen molar-refractivity contribution >= 4 is 33.7 Å². The summed E-state index contributed by atoms with van der Waals surface area (Å²) in [5.41, 5.74) is 18.7. The molecular weight excluding hydrogens is 707 g/mol. The number of hydrogen-bond acceptors (Lipinski definition) is 0. The predicted octanol–water partition coefficient (Wildman–Crippen LogP) is 17.2. The summed E-state index contributed by atoms with van der Waals surface area (Å²) in [6, 6.07) is 36.1. The van der Waals surface area contributed by atoms with Crippen LogP contribution >= 0.6 is 0 Å². The molecule has 0 amide bonds. The van der Waals surface area contributed by atoms with Gasteiger partial charge in [-0.05, 0) is 121 Å². The second-order valence-corrected chi connectivity index (χ2v) is 24.2. The van der Waals surface area contributed by atoms with Crippen LogP contribution in [0.25, 0.3) is 66.1 Å². The van der Waals surface area contributed by atoms with Crippen LogP contribution in [0.5, 0.6) is 0 Å². The minimum absolute atomic E-state index is 0.0147. The van der Waals surface area contributed by atoms with Gasteiger partial charge in [0.2, 0.25) is 0 Å². The molecule has 0 atom stereocenters. The van der Waals surface area contributed by atoms with Gasteiger partial charge in [0.25, 0.3) is 0 Å². The molecule has 1 heteroatoms. The van der Waals surface area contributed by atoms with Gasteiger partial charge in [0, 0.05) is 0 Å². The average molecular weight is 783 g/mol. The van der Waals surface area contributed by atoms with Crippen molar-refractivity contribution in [3.8, 4) is 44.5 Å². The number of fused-ring (bicyclic) bond motifs is 4. The summed E-state index contributed by atoms with van der Waals surface area (Å²) < 4.78 is 0. The Morgan fingerprint density at radius 3 is 1.00 bits per heavy atom. The van der Waals surface area contributed by atoms with Gasteiger partial charge in [-0.2, -0.15) is 0 Å². The maximum Gasteiger partial charge on any atom is 0.170 e. The Morgan fingerprint density at radius 1 is 0.339 bits per heavy atom. The van der Waals surface area contributed by atoms with E-state index in [1.54, 1.807) is 0 Å². The maximum atomic E-state index is 2.50. The van der Waals surface area contributed by atoms with E-state index in [0.29, 0.717) is 17.5 Å². The molecule has 1 aliphatic rings. The van der Waals surface area contributed by atoms with Crippen molar-refractivity contribution in [2.24, 2.45) is 10.8 Å². The highest BCUT2D eigenvalue weighted by atomic mass is 14.4. The SMILES string of the molecule is CB(C)c1ccc2c3c(cccc13)-c1c-2c(-c2cc(C(C)(C)C)cc(C(C)(C)C)c2)c2ccccc2c1-c1cc(C(C)(C)C)cc(C(C)(C)C)c1.CC(C)(C)C(C)(C)C. The molecule has 0 nitrogen and oxygen atoms in total. The van der Waals surface area contributed by atoms with Crippen LogP contribution < -0.4 is 5.46 Å². The van der Waals surface area contributed by atoms with E-state index < -0.39 is 0 Å². The molecule has 0 aromatic heterocycles. The van der Waals surface area contributed by atoms with Crippen LogP contribution in [-0.2, 0) is 21.7 Å². The zero-order valence-corrected chi connectivity index (χ0v) is 40.7. The van der Waals surface area contributed by atoms with Gasteiger partial charge < -0.3 is 0 Å². The first-order valence-electron chi connectivity index (χ1n) is 22.4. The summed E-state index contributed by atoms with van der Waals surface area (Å²) in [5.74, 6) is 0. The monoisotopic (exact) mass is 783 g/mol. The Labute approximate surface area is 360 Å². The molecular formula is C58H75B. The molecule has 0 aliphatic heterocycles. The number of hydrogen-bond donors (Lipinski definition) is 0. The third-order valence-electron chi connectivity index (χ3n) is 13.6. The Hall–Kier alpha value is -4.10. The largest absolute Gasteiger partial charge is 0.170 e. The van der Waals surface area contributed by atoms with Gasteiger partial charge in [0.15, 0.2) is 6.71 Å². The summed E-state index contributed by atoms with van der Waals surface area (Å²) >= 11 is 0. The lowest BCUT2D eigenvalue weighted by Gasteiger charge is -2.34. The second-order valence-electron chi connectivity index (χ2n) is 24.2. The smallest absolute Gasteiger partial charge is 0.0819 e. The maximum absolute atomic E-state index is 2.50. The zero-order valence-electron chi connectivity index (χ0n) is 40.7. The second kappa shape index (κ2) is 14.8. The number of rotatable bonds is 3. The third kappa shape index (κ3) is 8.47. The predicted molar refractivity (Wildman–Crippen MR) is 268 cm³/mol. The van der Waals surface area contributed by atoms with Gasteiger partial charge in [-0.15, -0.1) is 0 Å². The molecule has 0 spiro atoms. The van der Waals surface area contributed by atoms with Crippen molar-refractivity contribution < 1.29 is 0 Å². The van der Waals surface area contributed by atoms with E-state index in [4.69, 9.17) is 0 Å². The minimum atomic E-state index is 0.0147. The summed E-state index contributed by atoms with van der Waals surface area (Å²) in [4.78, 5) is 0. The minimum Gasteiger partial charge on any atom is -0.0819 e. The van der Waals surface area contributed by atoms with Crippen LogP contribution in [0.1, 0.15) is 147 Å². The van der Waals surface area contributed by atoms with Gasteiger partial charge in [0.1, 0.15) is 0 Å². The molecule has 0 bridgehead atoms. The molecule has 59 heavy (non-hydrogen) atoms. The van der Waals surface area contributed by atoms with Crippen molar-refractivity contribution in [3.63, 3.8) is 0 Å². The van der Waals surface area contributed by atoms with E-state index in [1.807, 2.05) is 0 Å². The first kappa shape index (κ1) is 44.5. The van der Waals surface area contributed by atoms with Crippen molar-refractivity contribution in [1.82, 2.24) is 0 Å². The summed E-state index contributed by atoms with van der Waals surface area (Å²) in [6.07, 6.45) is 0. The molecule has 0 fully saturated rings. The van der Waals surface area contributed by atoms with Crippen molar-refractivity contribution in [3.05, 3.63) is 113 Å². The van der Waals surface area contributed by atoms with Gasteiger partial charge in [-0.25, -0.2) is 0 Å². The van der Waals surface area contributed by atoms with Gasteiger partial charge >= 0.3 is 0 Å². The van der Waals surface area contributed by atoms with Crippen LogP contribution in [0.4, 0.5) is 0 Å². The van der Waals surface area contributed by atoms with E-state index in [9.17, 15) is 0 Å². The first-order chi connectivity index (χ1) is 26.9. The Bertz CT molecular complexity index is 2340. The van der Waals surface area contributed by atoms with E-state index in [1.165, 1.54) is 93.8 Å². The fourth-order valence-corrected chi connectivity index (χ4v) is 8.20. The van der Waals surface area contributed by atoms with Gasteiger partial charge in [0.05, 0.1) is 0 Å². The fraction of sp³-hybridized carbons (Fsp3) is 0.448. The lowest BCUT2D eigenvalue weighted by Crippen LogP contribution is -2.25. The molecule has 1 aliphatic carbocycles. The normalized spacial score (nSPS) is 13.4. The van der Waals surface area contributed by atoms with Gasteiger partial charge in [-0.3, -0.25) is 0 Å². The standard InChI is InChI=1S/C50H57B.C8H18/c1-47(2,3)32-24-30(25-33(28-32)48(4,5)6)42-36-18-15-16-19-37(36)43(31-26-34(49(7,8)9)29-35(27-31)50(10,11)12)46-40-22-23-41(51(13)14)38-20-17-21-39(44(38)40)45(42)46;1-7(2,3)8(4,5)6/h15-29H,1-14H3;1-6H3. The van der Waals surface area contributed by atoms with Crippen LogP contribution in [0.2, 0.25) is 13.6 Å². The van der Waals surface area contributed by atoms with E-state index in [2.05, 4.69) is 229 Å². The van der Waals surface area contributed by atoms with Crippen LogP contribution in [0, 0.1) is 10.8 Å². The van der Waals surface area contributed by atoms with Crippen molar-refractivity contribution in [1.29, 1.82) is 0 Å². The topological polar surface area (TPSA) is 0 Å². The first-order valence-corrected chi connectivity index (χ1v) is 22.4. The molecule has 0 radical (unpaired) electrons. The Balaban J connectivity index is 0.000000664. The fourth-order valence-electron chi connectivity index (χ4n) is 8.20. The molecule has 0 N–H and O–H groups in total. The molecule has 0 heterocycles. The molecule has 0 unspecified atom stereocenters. The highest BCUT2D eigenvalue weighted by Crippen LogP contribution is 2.58. The quantitative estimate of drug-likeness (QED) is 0.157. The summed E-state index contributed by atoms with van der Waals surface area (Å²) in [5, 5.41) is 5.44. The summed E-state index contributed by atoms with van der Waals surface area (Å²) in [6.45, 7) is 46.9. The molecule has 6 aromatic carbocycles. The van der Waals surface area contributed by atoms with E-state index in [-0.39, 0.29) is 21.7 Å². The van der Waals surface area contributed by atoms with Crippen molar-refractivity contribution in [2.45, 2.75) is 160 Å². The van der Waals surface area contributed by atoms with E-state index >= 15 is 0 Å². The average Bonchev–Trinajstić information content (AvgIpc) is 3.43. The lowest BCUT2D eigenvalue weighted by molar-refractivity contribution is 0.157. The highest BCUT2D eigenvalue weighted by molar-refractivity contribution is 6.73. The molecule has 7 rings (SSSR count). The van der Waals surface area contributed by atoms with Crippen LogP contribution in [-0.4, -0.2) is 6.71 Å². The molecule has 0 saturated heterocycles. The Morgan fingerprint density at radius 2 is 0.678 bits per heavy atom. The van der Waals surface area contributed by atoms with E-state index in [0.717, 1.165) is 0 Å². The van der Waals surface area contributed by atoms with Crippen LogP contribution in [0.15, 0.2) is 91.0 Å². The summed E-state index contributed by atoms with van der Waals surface area (Å²) in [7, 11) is 0. The third-order valence-corrected chi connectivity index (χ3v) is 13.6.